The number of esters is 1. The first kappa shape index (κ1) is 21.4. The van der Waals surface area contributed by atoms with E-state index in [1.807, 2.05) is 31.2 Å². The average molecular weight is 474 g/mol. The van der Waals surface area contributed by atoms with Crippen molar-refractivity contribution in [3.05, 3.63) is 45.6 Å². The van der Waals surface area contributed by atoms with Crippen LogP contribution in [-0.4, -0.2) is 36.8 Å². The lowest BCUT2D eigenvalue weighted by Crippen LogP contribution is -2.44. The lowest BCUT2D eigenvalue weighted by molar-refractivity contribution is -0.142. The summed E-state index contributed by atoms with van der Waals surface area (Å²) in [5.74, 6) is -1.02. The molecule has 1 saturated carbocycles. The standard InChI is InChI=1S/C24H28BrNO4/c1-14-20(23(28)30-13-17-5-4-10-29-17)21(15-6-8-16(25)9-7-15)22-18(26-14)11-24(2,3)12-19(22)27/h6-9,17,21-22H,4-5,10-13H2,1-3H3/t17-,21-,22-/m0/s1. The van der Waals surface area contributed by atoms with Gasteiger partial charge in [0.05, 0.1) is 17.6 Å². The van der Waals surface area contributed by atoms with Crippen LogP contribution in [0.1, 0.15) is 57.9 Å². The molecular weight excluding hydrogens is 446 g/mol. The summed E-state index contributed by atoms with van der Waals surface area (Å²) in [6.07, 6.45) is 3.10. The van der Waals surface area contributed by atoms with E-state index in [4.69, 9.17) is 14.5 Å². The van der Waals surface area contributed by atoms with Gasteiger partial charge < -0.3 is 9.47 Å². The molecule has 1 aromatic rings. The van der Waals surface area contributed by atoms with Crippen molar-refractivity contribution in [2.75, 3.05) is 13.2 Å². The Morgan fingerprint density at radius 3 is 2.63 bits per heavy atom. The van der Waals surface area contributed by atoms with Gasteiger partial charge >= 0.3 is 5.97 Å². The van der Waals surface area contributed by atoms with Gasteiger partial charge in [-0.1, -0.05) is 41.9 Å². The number of rotatable bonds is 4. The smallest absolute Gasteiger partial charge is 0.336 e. The van der Waals surface area contributed by atoms with Crippen molar-refractivity contribution in [2.24, 2.45) is 16.3 Å². The molecule has 2 fully saturated rings. The predicted molar refractivity (Wildman–Crippen MR) is 118 cm³/mol. The number of ketones is 1. The van der Waals surface area contributed by atoms with Gasteiger partial charge in [-0.2, -0.15) is 0 Å². The van der Waals surface area contributed by atoms with Gasteiger partial charge in [0.1, 0.15) is 12.4 Å². The number of hydrogen-bond acceptors (Lipinski definition) is 5. The van der Waals surface area contributed by atoms with Crippen LogP contribution in [0.25, 0.3) is 0 Å². The number of carbonyl (C=O) groups is 2. The summed E-state index contributed by atoms with van der Waals surface area (Å²) >= 11 is 3.48. The van der Waals surface area contributed by atoms with Crippen LogP contribution in [0.5, 0.6) is 0 Å². The molecule has 0 bridgehead atoms. The molecule has 1 saturated heterocycles. The third-order valence-electron chi connectivity index (χ3n) is 6.24. The van der Waals surface area contributed by atoms with Gasteiger partial charge in [0.15, 0.2) is 0 Å². The summed E-state index contributed by atoms with van der Waals surface area (Å²) in [6.45, 7) is 7.01. The third-order valence-corrected chi connectivity index (χ3v) is 6.77. The maximum Gasteiger partial charge on any atom is 0.336 e. The lowest BCUT2D eigenvalue weighted by atomic mass is 9.63. The highest BCUT2D eigenvalue weighted by atomic mass is 79.9. The molecular formula is C24H28BrNO4. The Balaban J connectivity index is 1.71. The minimum absolute atomic E-state index is 0.0410. The van der Waals surface area contributed by atoms with Crippen molar-refractivity contribution in [1.29, 1.82) is 0 Å². The largest absolute Gasteiger partial charge is 0.460 e. The monoisotopic (exact) mass is 473 g/mol. The first-order valence-corrected chi connectivity index (χ1v) is 11.4. The number of hydrogen-bond donors (Lipinski definition) is 0. The molecule has 2 aliphatic heterocycles. The van der Waals surface area contributed by atoms with Crippen LogP contribution >= 0.6 is 15.9 Å². The third kappa shape index (κ3) is 4.30. The van der Waals surface area contributed by atoms with E-state index >= 15 is 0 Å². The fourth-order valence-electron chi connectivity index (χ4n) is 4.91. The number of fused-ring (bicyclic) bond motifs is 1. The molecule has 0 spiro atoms. The van der Waals surface area contributed by atoms with E-state index in [0.29, 0.717) is 24.3 Å². The van der Waals surface area contributed by atoms with Gasteiger partial charge in [0, 0.05) is 34.8 Å². The molecule has 1 aromatic carbocycles. The highest BCUT2D eigenvalue weighted by Crippen LogP contribution is 2.47. The van der Waals surface area contributed by atoms with Crippen LogP contribution in [0.2, 0.25) is 0 Å². The summed E-state index contributed by atoms with van der Waals surface area (Å²) in [6, 6.07) is 7.85. The first-order chi connectivity index (χ1) is 14.2. The summed E-state index contributed by atoms with van der Waals surface area (Å²) in [4.78, 5) is 31.2. The molecule has 0 N–H and O–H groups in total. The van der Waals surface area contributed by atoms with Crippen LogP contribution < -0.4 is 0 Å². The Bertz CT molecular complexity index is 910. The van der Waals surface area contributed by atoms with Crippen LogP contribution in [0.4, 0.5) is 0 Å². The number of carbonyl (C=O) groups excluding carboxylic acids is 2. The van der Waals surface area contributed by atoms with Gasteiger partial charge in [-0.3, -0.25) is 9.79 Å². The number of ether oxygens (including phenoxy) is 2. The lowest BCUT2D eigenvalue weighted by Gasteiger charge is -2.41. The van der Waals surface area contributed by atoms with Crippen molar-refractivity contribution >= 4 is 33.4 Å². The molecule has 5 nitrogen and oxygen atoms in total. The Kier molecular flexibility index (Phi) is 5.99. The molecule has 3 atom stereocenters. The second kappa shape index (κ2) is 8.39. The minimum atomic E-state index is -0.409. The summed E-state index contributed by atoms with van der Waals surface area (Å²) in [7, 11) is 0. The molecule has 160 valence electrons. The van der Waals surface area contributed by atoms with Crippen molar-refractivity contribution in [3.63, 3.8) is 0 Å². The van der Waals surface area contributed by atoms with Crippen LogP contribution in [-0.2, 0) is 19.1 Å². The van der Waals surface area contributed by atoms with E-state index in [1.54, 1.807) is 0 Å². The van der Waals surface area contributed by atoms with Gasteiger partial charge in [-0.15, -0.1) is 0 Å². The molecule has 2 heterocycles. The van der Waals surface area contributed by atoms with Gasteiger partial charge in [0.2, 0.25) is 0 Å². The fourth-order valence-corrected chi connectivity index (χ4v) is 5.18. The number of aliphatic imine (C=N–C) groups is 1. The quantitative estimate of drug-likeness (QED) is 0.577. The molecule has 0 aromatic heterocycles. The van der Waals surface area contributed by atoms with Crippen molar-refractivity contribution in [3.8, 4) is 0 Å². The summed E-state index contributed by atoms with van der Waals surface area (Å²) in [5, 5.41) is 0. The Morgan fingerprint density at radius 1 is 1.23 bits per heavy atom. The molecule has 4 rings (SSSR count). The first-order valence-electron chi connectivity index (χ1n) is 10.6. The van der Waals surface area contributed by atoms with Crippen LogP contribution in [0.3, 0.4) is 0 Å². The highest BCUT2D eigenvalue weighted by Gasteiger charge is 2.47. The number of benzene rings is 1. The molecule has 30 heavy (non-hydrogen) atoms. The van der Waals surface area contributed by atoms with E-state index in [-0.39, 0.29) is 29.8 Å². The van der Waals surface area contributed by atoms with E-state index < -0.39 is 11.9 Å². The van der Waals surface area contributed by atoms with E-state index in [0.717, 1.165) is 35.0 Å². The maximum absolute atomic E-state index is 13.3. The number of nitrogens with zero attached hydrogens (tertiary/aromatic N) is 1. The average Bonchev–Trinajstić information content (AvgIpc) is 3.18. The number of allylic oxidation sites excluding steroid dienone is 1. The zero-order valence-corrected chi connectivity index (χ0v) is 19.3. The highest BCUT2D eigenvalue weighted by molar-refractivity contribution is 9.10. The van der Waals surface area contributed by atoms with Crippen molar-refractivity contribution in [1.82, 2.24) is 0 Å². The zero-order chi connectivity index (χ0) is 21.5. The maximum atomic E-state index is 13.3. The number of Topliss-reactive ketones (excluding diaryl/α,β-unsaturated/α-hetero) is 1. The Hall–Kier alpha value is -1.79. The SMILES string of the molecule is CC1=C(C(=O)OC[C@@H]2CCCO2)[C@H](c2ccc(Br)cc2)[C@@H]2C(=O)CC(C)(C)CC2=N1. The summed E-state index contributed by atoms with van der Waals surface area (Å²) < 4.78 is 12.2. The molecule has 3 aliphatic rings. The normalized spacial score (nSPS) is 28.2. The van der Waals surface area contributed by atoms with Crippen molar-refractivity contribution in [2.45, 2.75) is 58.5 Å². The Labute approximate surface area is 186 Å². The van der Waals surface area contributed by atoms with Gasteiger partial charge in [-0.25, -0.2) is 4.79 Å². The molecule has 6 heteroatoms. The summed E-state index contributed by atoms with van der Waals surface area (Å²) in [5.41, 5.74) is 2.85. The number of halogens is 1. The molecule has 0 amide bonds. The van der Waals surface area contributed by atoms with Crippen LogP contribution in [0, 0.1) is 11.3 Å². The van der Waals surface area contributed by atoms with Crippen molar-refractivity contribution < 1.29 is 19.1 Å². The second-order valence-electron chi connectivity index (χ2n) is 9.33. The molecule has 0 unspecified atom stereocenters. The van der Waals surface area contributed by atoms with E-state index in [1.165, 1.54) is 0 Å². The molecule has 1 aliphatic carbocycles. The zero-order valence-electron chi connectivity index (χ0n) is 17.7. The molecule has 0 radical (unpaired) electrons. The van der Waals surface area contributed by atoms with Crippen LogP contribution in [0.15, 0.2) is 45.0 Å². The predicted octanol–water partition coefficient (Wildman–Crippen LogP) is 4.99. The van der Waals surface area contributed by atoms with Gasteiger partial charge in [-0.05, 0) is 49.3 Å². The van der Waals surface area contributed by atoms with Gasteiger partial charge in [0.25, 0.3) is 0 Å². The van der Waals surface area contributed by atoms with E-state index in [2.05, 4.69) is 29.8 Å². The fraction of sp³-hybridized carbons (Fsp3) is 0.542. The minimum Gasteiger partial charge on any atom is -0.460 e. The second-order valence-corrected chi connectivity index (χ2v) is 10.2. The van der Waals surface area contributed by atoms with E-state index in [9.17, 15) is 9.59 Å². The Morgan fingerprint density at radius 2 is 1.97 bits per heavy atom. The topological polar surface area (TPSA) is 65.0 Å².